The van der Waals surface area contributed by atoms with Crippen molar-refractivity contribution in [3.63, 3.8) is 0 Å². The Hall–Kier alpha value is -1.73. The highest BCUT2D eigenvalue weighted by Crippen LogP contribution is 2.31. The van der Waals surface area contributed by atoms with Gasteiger partial charge in [0.05, 0.1) is 17.9 Å². The Balaban J connectivity index is 2.18. The maximum Gasteiger partial charge on any atom is 0.233 e. The number of nitrogens with one attached hydrogen (secondary N) is 2. The minimum absolute atomic E-state index is 0.0424. The molecule has 0 fully saturated rings. The van der Waals surface area contributed by atoms with Gasteiger partial charge in [-0.25, -0.2) is 4.98 Å². The van der Waals surface area contributed by atoms with Gasteiger partial charge in [-0.2, -0.15) is 0 Å². The summed E-state index contributed by atoms with van der Waals surface area (Å²) < 4.78 is 5.30. The molecule has 2 rings (SSSR count). The molecule has 0 spiro atoms. The molecular formula is C14H17ClN4O2S. The van der Waals surface area contributed by atoms with Crippen LogP contribution >= 0.6 is 23.4 Å². The highest BCUT2D eigenvalue weighted by atomic mass is 35.5. The Morgan fingerprint density at radius 2 is 2.32 bits per heavy atom. The maximum absolute atomic E-state index is 11.7. The van der Waals surface area contributed by atoms with Crippen LogP contribution in [0.3, 0.4) is 0 Å². The largest absolute Gasteiger partial charge is 0.496 e. The van der Waals surface area contributed by atoms with Crippen LogP contribution < -0.4 is 10.1 Å². The Morgan fingerprint density at radius 3 is 3.00 bits per heavy atom. The molecule has 0 unspecified atom stereocenters. The Labute approximate surface area is 138 Å². The molecule has 2 aromatic rings. The van der Waals surface area contributed by atoms with E-state index in [2.05, 4.69) is 20.5 Å². The number of ether oxygens (including phenoxy) is 1. The van der Waals surface area contributed by atoms with E-state index in [1.54, 1.807) is 25.3 Å². The van der Waals surface area contributed by atoms with Crippen LogP contribution in [0, 0.1) is 0 Å². The van der Waals surface area contributed by atoms with Gasteiger partial charge in [0.25, 0.3) is 0 Å². The molecule has 1 aromatic carbocycles. The predicted molar refractivity (Wildman–Crippen MR) is 87.4 cm³/mol. The van der Waals surface area contributed by atoms with Crippen molar-refractivity contribution in [1.82, 2.24) is 20.5 Å². The van der Waals surface area contributed by atoms with Crippen molar-refractivity contribution >= 4 is 29.3 Å². The average Bonchev–Trinajstić information content (AvgIpc) is 2.95. The second kappa shape index (κ2) is 7.51. The lowest BCUT2D eigenvalue weighted by atomic mass is 10.2. The van der Waals surface area contributed by atoms with Crippen molar-refractivity contribution in [3.8, 4) is 17.1 Å². The van der Waals surface area contributed by atoms with E-state index in [0.29, 0.717) is 28.3 Å². The van der Waals surface area contributed by atoms with Crippen molar-refractivity contribution < 1.29 is 9.53 Å². The number of halogens is 1. The van der Waals surface area contributed by atoms with Gasteiger partial charge in [0.15, 0.2) is 5.82 Å². The number of carbonyl (C=O) groups is 1. The van der Waals surface area contributed by atoms with Crippen LogP contribution in [-0.2, 0) is 4.79 Å². The van der Waals surface area contributed by atoms with Gasteiger partial charge in [0.1, 0.15) is 5.75 Å². The zero-order valence-electron chi connectivity index (χ0n) is 12.5. The van der Waals surface area contributed by atoms with Crippen molar-refractivity contribution in [1.29, 1.82) is 0 Å². The summed E-state index contributed by atoms with van der Waals surface area (Å²) in [7, 11) is 1.58. The van der Waals surface area contributed by atoms with Gasteiger partial charge in [-0.15, -0.1) is 5.10 Å². The van der Waals surface area contributed by atoms with Crippen LogP contribution in [0.1, 0.15) is 13.8 Å². The fourth-order valence-electron chi connectivity index (χ4n) is 1.81. The van der Waals surface area contributed by atoms with Crippen LogP contribution in [0.4, 0.5) is 0 Å². The molecule has 0 aliphatic heterocycles. The van der Waals surface area contributed by atoms with Crippen molar-refractivity contribution in [3.05, 3.63) is 23.2 Å². The van der Waals surface area contributed by atoms with Crippen LogP contribution in [0.5, 0.6) is 5.75 Å². The number of carbonyl (C=O) groups excluding carboxylic acids is 1. The van der Waals surface area contributed by atoms with Gasteiger partial charge in [-0.3, -0.25) is 9.89 Å². The number of hydrogen-bond acceptors (Lipinski definition) is 5. The van der Waals surface area contributed by atoms with E-state index in [1.807, 2.05) is 13.8 Å². The molecule has 0 aliphatic rings. The lowest BCUT2D eigenvalue weighted by Crippen LogP contribution is -2.30. The molecule has 1 heterocycles. The number of benzene rings is 1. The van der Waals surface area contributed by atoms with Gasteiger partial charge >= 0.3 is 0 Å². The quantitative estimate of drug-likeness (QED) is 0.790. The number of methoxy groups -OCH3 is 1. The molecule has 2 N–H and O–H groups in total. The van der Waals surface area contributed by atoms with Crippen LogP contribution in [-0.4, -0.2) is 40.0 Å². The minimum atomic E-state index is -0.273. The summed E-state index contributed by atoms with van der Waals surface area (Å²) in [6, 6.07) is 5.26. The summed E-state index contributed by atoms with van der Waals surface area (Å²) in [5, 5.41) is 10.5. The summed E-state index contributed by atoms with van der Waals surface area (Å²) >= 11 is 7.30. The number of aromatic nitrogens is 3. The van der Waals surface area contributed by atoms with Gasteiger partial charge in [-0.1, -0.05) is 23.4 Å². The first-order valence-electron chi connectivity index (χ1n) is 6.75. The fourth-order valence-corrected chi connectivity index (χ4v) is 2.74. The molecule has 0 saturated carbocycles. The average molecular weight is 341 g/mol. The predicted octanol–water partition coefficient (Wildman–Crippen LogP) is 2.75. The van der Waals surface area contributed by atoms with Gasteiger partial charge < -0.3 is 10.1 Å². The normalized spacial score (nSPS) is 12.0. The summed E-state index contributed by atoms with van der Waals surface area (Å²) in [6.45, 7) is 4.29. The van der Waals surface area contributed by atoms with E-state index < -0.39 is 0 Å². The van der Waals surface area contributed by atoms with Crippen LogP contribution in [0.15, 0.2) is 23.4 Å². The third kappa shape index (κ3) is 3.92. The summed E-state index contributed by atoms with van der Waals surface area (Å²) in [4.78, 5) is 16.1. The Bertz CT molecular complexity index is 662. The third-order valence-electron chi connectivity index (χ3n) is 2.88. The highest BCUT2D eigenvalue weighted by Gasteiger charge is 2.17. The Morgan fingerprint density at radius 1 is 1.55 bits per heavy atom. The first-order valence-corrected chi connectivity index (χ1v) is 8.01. The monoisotopic (exact) mass is 340 g/mol. The van der Waals surface area contributed by atoms with E-state index >= 15 is 0 Å². The molecule has 22 heavy (non-hydrogen) atoms. The molecule has 0 bridgehead atoms. The van der Waals surface area contributed by atoms with E-state index in [4.69, 9.17) is 16.3 Å². The number of rotatable bonds is 6. The molecular weight excluding hydrogens is 324 g/mol. The first-order chi connectivity index (χ1) is 10.5. The number of H-pyrrole nitrogens is 1. The molecule has 6 nitrogen and oxygen atoms in total. The molecule has 0 saturated heterocycles. The maximum atomic E-state index is 11.7. The zero-order chi connectivity index (χ0) is 16.1. The second-order valence-electron chi connectivity index (χ2n) is 4.47. The van der Waals surface area contributed by atoms with Crippen LogP contribution in [0.2, 0.25) is 5.02 Å². The van der Waals surface area contributed by atoms with Crippen molar-refractivity contribution in [2.24, 2.45) is 0 Å². The number of hydrogen-bond donors (Lipinski definition) is 2. The molecule has 118 valence electrons. The number of amides is 1. The molecule has 1 amide bonds. The van der Waals surface area contributed by atoms with Gasteiger partial charge in [0.2, 0.25) is 11.1 Å². The SMILES string of the molecule is CCNC(=O)[C@H](C)Sc1n[nH]c(-c2cc(Cl)ccc2OC)n1. The lowest BCUT2D eigenvalue weighted by Gasteiger charge is -2.07. The molecule has 1 aromatic heterocycles. The Kier molecular flexibility index (Phi) is 5.68. The highest BCUT2D eigenvalue weighted by molar-refractivity contribution is 8.00. The van der Waals surface area contributed by atoms with E-state index in [9.17, 15) is 4.79 Å². The lowest BCUT2D eigenvalue weighted by molar-refractivity contribution is -0.120. The van der Waals surface area contributed by atoms with Gasteiger partial charge in [0, 0.05) is 11.6 Å². The molecule has 0 aliphatic carbocycles. The summed E-state index contributed by atoms with van der Waals surface area (Å²) in [5.41, 5.74) is 0.722. The zero-order valence-corrected chi connectivity index (χ0v) is 14.1. The molecule has 0 radical (unpaired) electrons. The van der Waals surface area contributed by atoms with E-state index in [1.165, 1.54) is 11.8 Å². The third-order valence-corrected chi connectivity index (χ3v) is 4.08. The van der Waals surface area contributed by atoms with Crippen molar-refractivity contribution in [2.75, 3.05) is 13.7 Å². The fraction of sp³-hybridized carbons (Fsp3) is 0.357. The standard InChI is InChI=1S/C14H17ClN4O2S/c1-4-16-13(20)8(2)22-14-17-12(18-19-14)10-7-9(15)5-6-11(10)21-3/h5-8H,4H2,1-3H3,(H,16,20)(H,17,18,19)/t8-/m0/s1. The first kappa shape index (κ1) is 16.6. The van der Waals surface area contributed by atoms with Gasteiger partial charge in [-0.05, 0) is 32.0 Å². The second-order valence-corrected chi connectivity index (χ2v) is 6.21. The summed E-state index contributed by atoms with van der Waals surface area (Å²) in [5.74, 6) is 1.15. The summed E-state index contributed by atoms with van der Waals surface area (Å²) in [6.07, 6.45) is 0. The van der Waals surface area contributed by atoms with E-state index in [-0.39, 0.29) is 11.2 Å². The topological polar surface area (TPSA) is 79.9 Å². The van der Waals surface area contributed by atoms with Crippen LogP contribution in [0.25, 0.3) is 11.4 Å². The smallest absolute Gasteiger partial charge is 0.233 e. The molecule has 8 heteroatoms. The minimum Gasteiger partial charge on any atom is -0.496 e. The molecule has 1 atom stereocenters. The number of thioether (sulfide) groups is 1. The van der Waals surface area contributed by atoms with E-state index in [0.717, 1.165) is 5.56 Å². The van der Waals surface area contributed by atoms with Crippen molar-refractivity contribution in [2.45, 2.75) is 24.3 Å². The number of aromatic amines is 1. The number of nitrogens with zero attached hydrogens (tertiary/aromatic N) is 2.